The summed E-state index contributed by atoms with van der Waals surface area (Å²) in [5, 5.41) is 14.0. The first-order chi connectivity index (χ1) is 24.6. The van der Waals surface area contributed by atoms with Gasteiger partial charge in [-0.1, -0.05) is 25.1 Å². The van der Waals surface area contributed by atoms with Crippen LogP contribution in [-0.4, -0.2) is 54.9 Å². The Hall–Kier alpha value is -5.11. The van der Waals surface area contributed by atoms with Gasteiger partial charge >= 0.3 is 5.69 Å². The minimum atomic E-state index is -1.41. The van der Waals surface area contributed by atoms with Crippen LogP contribution in [0.4, 0.5) is 16.0 Å². The van der Waals surface area contributed by atoms with E-state index in [-0.39, 0.29) is 28.7 Å². The first kappa shape index (κ1) is 33.1. The fourth-order valence-corrected chi connectivity index (χ4v) is 8.90. The average Bonchev–Trinajstić information content (AvgIpc) is 3.84. The lowest BCUT2D eigenvalue weighted by Crippen LogP contribution is -2.30. The topological polar surface area (TPSA) is 148 Å². The number of imidazole rings is 1. The molecule has 2 aliphatic rings. The zero-order chi connectivity index (χ0) is 35.4. The highest BCUT2D eigenvalue weighted by Crippen LogP contribution is 2.47. The summed E-state index contributed by atoms with van der Waals surface area (Å²) in [6, 6.07) is 10.9. The van der Waals surface area contributed by atoms with Gasteiger partial charge in [0.2, 0.25) is 11.6 Å². The molecule has 0 spiro atoms. The highest BCUT2D eigenvalue weighted by molar-refractivity contribution is 7.85. The van der Waals surface area contributed by atoms with Crippen LogP contribution in [0.3, 0.4) is 0 Å². The van der Waals surface area contributed by atoms with Gasteiger partial charge in [0.15, 0.2) is 5.75 Å². The Morgan fingerprint density at radius 3 is 2.75 bits per heavy atom. The first-order valence-electron chi connectivity index (χ1n) is 17.4. The van der Waals surface area contributed by atoms with Crippen molar-refractivity contribution in [1.29, 1.82) is 0 Å². The molecule has 3 N–H and O–H groups in total. The molecule has 0 aliphatic heterocycles. The van der Waals surface area contributed by atoms with Crippen molar-refractivity contribution < 1.29 is 13.3 Å². The summed E-state index contributed by atoms with van der Waals surface area (Å²) < 4.78 is 38.5. The summed E-state index contributed by atoms with van der Waals surface area (Å²) >= 11 is 0. The second-order valence-corrected chi connectivity index (χ2v) is 15.8. The lowest BCUT2D eigenvalue weighted by atomic mass is 9.66. The van der Waals surface area contributed by atoms with Crippen LogP contribution in [0.15, 0.2) is 77.0 Å². The molecular formula is C37H40FN9O3S. The largest absolute Gasteiger partial charge is 0.485 e. The summed E-state index contributed by atoms with van der Waals surface area (Å²) in [5.74, 6) is 1.95. The van der Waals surface area contributed by atoms with Crippen LogP contribution < -0.4 is 15.7 Å². The van der Waals surface area contributed by atoms with E-state index in [1.165, 1.54) is 22.5 Å². The van der Waals surface area contributed by atoms with E-state index in [0.29, 0.717) is 45.7 Å². The molecule has 0 bridgehead atoms. The predicted molar refractivity (Wildman–Crippen MR) is 194 cm³/mol. The van der Waals surface area contributed by atoms with E-state index in [0.717, 1.165) is 42.3 Å². The summed E-state index contributed by atoms with van der Waals surface area (Å²) in [4.78, 5) is 24.4. The van der Waals surface area contributed by atoms with Gasteiger partial charge in [-0.2, -0.15) is 14.6 Å². The van der Waals surface area contributed by atoms with Gasteiger partial charge in [-0.05, 0) is 99.1 Å². The van der Waals surface area contributed by atoms with Crippen LogP contribution in [0.5, 0.6) is 5.75 Å². The molecule has 0 saturated heterocycles. The number of rotatable bonds is 10. The number of fused-ring (bicyclic) bond motifs is 2. The SMILES string of the molecule is CC(C)Oc1c(-c2cn[nH]c2)ncn2nc(Nc3ccc(S(=O)C4C=C[C@@H](C)C(CC5CC(c6ccc7[nH]c(=O)n(C)c7c6)C5)C4)cc3F)nc12. The van der Waals surface area contributed by atoms with E-state index in [2.05, 4.69) is 60.7 Å². The van der Waals surface area contributed by atoms with Gasteiger partial charge in [-0.3, -0.25) is 13.9 Å². The Kier molecular flexibility index (Phi) is 8.57. The highest BCUT2D eigenvalue weighted by atomic mass is 32.2. The number of halogens is 1. The van der Waals surface area contributed by atoms with Crippen LogP contribution in [0.25, 0.3) is 27.9 Å². The molecule has 6 aromatic rings. The van der Waals surface area contributed by atoms with Gasteiger partial charge in [-0.25, -0.2) is 14.2 Å². The molecule has 4 heterocycles. The van der Waals surface area contributed by atoms with Gasteiger partial charge in [-0.15, -0.1) is 5.10 Å². The molecule has 1 saturated carbocycles. The second-order valence-electron chi connectivity index (χ2n) is 14.2. The number of allylic oxidation sites excluding steroid dienone is 1. The standard InChI is InChI=1S/C37H40FN9O3S/c1-20(2)50-34-33(26-17-40-41-18-26)39-19-47-35(34)44-36(45-47)42-30-10-8-28(16-29(30)38)51(49)27-7-5-21(3)24(14-27)11-22-12-25(13-22)23-6-9-31-32(15-23)46(4)37(48)43-31/h5-10,15-22,24-25,27H,11-14H2,1-4H3,(H,40,41)(H,42,45)(H,43,48)/t21-,22?,24?,25?,27?,51?/m1/s1. The van der Waals surface area contributed by atoms with Crippen LogP contribution in [0.1, 0.15) is 57.9 Å². The number of hydrogen-bond acceptors (Lipinski definition) is 8. The van der Waals surface area contributed by atoms with Crippen LogP contribution in [-0.2, 0) is 17.8 Å². The summed E-state index contributed by atoms with van der Waals surface area (Å²) in [6.45, 7) is 6.05. The van der Waals surface area contributed by atoms with Crippen molar-refractivity contribution in [3.63, 3.8) is 0 Å². The van der Waals surface area contributed by atoms with Gasteiger partial charge in [0, 0.05) is 23.7 Å². The summed E-state index contributed by atoms with van der Waals surface area (Å²) in [6.07, 6.45) is 13.1. The maximum atomic E-state index is 15.5. The lowest BCUT2D eigenvalue weighted by Gasteiger charge is -2.40. The third-order valence-electron chi connectivity index (χ3n) is 10.3. The molecule has 3 unspecified atom stereocenters. The average molecular weight is 710 g/mol. The van der Waals surface area contributed by atoms with E-state index in [9.17, 15) is 9.00 Å². The quantitative estimate of drug-likeness (QED) is 0.134. The number of nitrogens with zero attached hydrogens (tertiary/aromatic N) is 6. The maximum Gasteiger partial charge on any atom is 0.326 e. The normalized spacial score (nSPS) is 22.4. The monoisotopic (exact) mass is 709 g/mol. The number of benzene rings is 2. The Bertz CT molecular complexity index is 2340. The number of aryl methyl sites for hydroxylation is 1. The van der Waals surface area contributed by atoms with Crippen LogP contribution >= 0.6 is 0 Å². The molecule has 264 valence electrons. The van der Waals surface area contributed by atoms with E-state index in [4.69, 9.17) is 4.74 Å². The maximum absolute atomic E-state index is 15.5. The third-order valence-corrected chi connectivity index (χ3v) is 12.0. The smallest absolute Gasteiger partial charge is 0.326 e. The van der Waals surface area contributed by atoms with E-state index < -0.39 is 16.6 Å². The van der Waals surface area contributed by atoms with Crippen LogP contribution in [0, 0.1) is 23.6 Å². The zero-order valence-corrected chi connectivity index (χ0v) is 29.7. The third kappa shape index (κ3) is 6.37. The van der Waals surface area contributed by atoms with E-state index >= 15 is 4.39 Å². The molecule has 2 aliphatic carbocycles. The zero-order valence-electron chi connectivity index (χ0n) is 28.8. The molecule has 0 radical (unpaired) electrons. The number of anilines is 2. The Labute approximate surface area is 296 Å². The lowest BCUT2D eigenvalue weighted by molar-refractivity contribution is 0.188. The van der Waals surface area contributed by atoms with Crippen molar-refractivity contribution in [2.45, 2.75) is 68.6 Å². The minimum absolute atomic E-state index is 0.0961. The Morgan fingerprint density at radius 1 is 1.14 bits per heavy atom. The molecule has 2 aromatic carbocycles. The van der Waals surface area contributed by atoms with Gasteiger partial charge in [0.05, 0.1) is 45.1 Å². The number of H-pyrrole nitrogens is 2. The summed E-state index contributed by atoms with van der Waals surface area (Å²) in [5.41, 5.74) is 4.88. The van der Waals surface area contributed by atoms with E-state index in [1.54, 1.807) is 36.1 Å². The molecular weight excluding hydrogens is 670 g/mol. The van der Waals surface area contributed by atoms with Crippen molar-refractivity contribution >= 4 is 39.1 Å². The first-order valence-corrected chi connectivity index (χ1v) is 18.6. The molecule has 1 fully saturated rings. The van der Waals surface area contributed by atoms with Gasteiger partial charge < -0.3 is 15.0 Å². The minimum Gasteiger partial charge on any atom is -0.485 e. The number of ether oxygens (including phenoxy) is 1. The summed E-state index contributed by atoms with van der Waals surface area (Å²) in [7, 11) is 0.383. The van der Waals surface area contributed by atoms with Crippen molar-refractivity contribution in [3.05, 3.63) is 89.1 Å². The van der Waals surface area contributed by atoms with E-state index in [1.807, 2.05) is 26.0 Å². The predicted octanol–water partition coefficient (Wildman–Crippen LogP) is 6.64. The number of hydrogen-bond donors (Lipinski definition) is 3. The molecule has 51 heavy (non-hydrogen) atoms. The van der Waals surface area contributed by atoms with Crippen LogP contribution in [0.2, 0.25) is 0 Å². The van der Waals surface area contributed by atoms with Crippen molar-refractivity contribution in [3.8, 4) is 17.0 Å². The molecule has 8 rings (SSSR count). The second kappa shape index (κ2) is 13.2. The highest BCUT2D eigenvalue weighted by Gasteiger charge is 2.36. The fraction of sp³-hybridized carbons (Fsp3) is 0.378. The molecule has 12 nitrogen and oxygen atoms in total. The molecule has 14 heteroatoms. The number of aromatic nitrogens is 8. The molecule has 4 atom stereocenters. The fourth-order valence-electron chi connectivity index (χ4n) is 7.48. The Balaban J connectivity index is 0.922. The molecule has 0 amide bonds. The van der Waals surface area contributed by atoms with Crippen molar-refractivity contribution in [2.24, 2.45) is 24.8 Å². The van der Waals surface area contributed by atoms with Gasteiger partial charge in [0.1, 0.15) is 17.8 Å². The van der Waals surface area contributed by atoms with Crippen molar-refractivity contribution in [2.75, 3.05) is 5.32 Å². The molecule has 4 aromatic heterocycles. The van der Waals surface area contributed by atoms with Gasteiger partial charge in [0.25, 0.3) is 0 Å². The number of nitrogens with one attached hydrogen (secondary N) is 3. The van der Waals surface area contributed by atoms with Crippen molar-refractivity contribution in [1.82, 2.24) is 39.3 Å². The Morgan fingerprint density at radius 2 is 1.98 bits per heavy atom. The number of aromatic amines is 2.